The summed E-state index contributed by atoms with van der Waals surface area (Å²) in [4.78, 5) is 20.5. The number of nitrogens with zero attached hydrogens (tertiary/aromatic N) is 2. The van der Waals surface area contributed by atoms with Gasteiger partial charge in [0.25, 0.3) is 5.91 Å². The van der Waals surface area contributed by atoms with E-state index < -0.39 is 22.0 Å². The maximum atomic E-state index is 12.5. The Kier molecular flexibility index (Phi) is 15.1. The van der Waals surface area contributed by atoms with Gasteiger partial charge in [0, 0.05) is 17.7 Å². The zero-order valence-electron chi connectivity index (χ0n) is 22.5. The maximum Gasteiger partial charge on any atom is 0.256 e. The molecule has 1 rings (SSSR count). The van der Waals surface area contributed by atoms with E-state index in [4.69, 9.17) is 0 Å². The molecule has 0 aliphatic rings. The third-order valence-corrected chi connectivity index (χ3v) is 6.65. The standard InChI is InChI=1S/C27H42N4O3S2/c1-21(2)9-7-10-23(5)11-8-12-24(14-13-22(3)4)16-18-35-19-25(27(32)31-36(6,33)34)30-26-15-17-28-20-29-26/h9,11,13,15-17,20,25H,7-8,10,12,14,18-19H2,1-6H3,(H,31,32)(H,28,29,30). The van der Waals surface area contributed by atoms with Crippen molar-refractivity contribution in [3.05, 3.63) is 65.2 Å². The number of amides is 1. The number of hydrogen-bond donors (Lipinski definition) is 2. The second-order valence-corrected chi connectivity index (χ2v) is 12.1. The molecule has 1 unspecified atom stereocenters. The molecule has 0 saturated carbocycles. The summed E-state index contributed by atoms with van der Waals surface area (Å²) < 4.78 is 25.2. The van der Waals surface area contributed by atoms with Crippen molar-refractivity contribution in [2.75, 3.05) is 23.1 Å². The number of anilines is 1. The number of carbonyl (C=O) groups is 1. The first kappa shape index (κ1) is 31.6. The van der Waals surface area contributed by atoms with Gasteiger partial charge in [-0.05, 0) is 72.8 Å². The van der Waals surface area contributed by atoms with Crippen molar-refractivity contribution in [1.29, 1.82) is 0 Å². The van der Waals surface area contributed by atoms with Crippen molar-refractivity contribution in [3.63, 3.8) is 0 Å². The number of rotatable bonds is 16. The van der Waals surface area contributed by atoms with Crippen LogP contribution in [-0.2, 0) is 14.8 Å². The van der Waals surface area contributed by atoms with Gasteiger partial charge in [0.1, 0.15) is 18.2 Å². The number of allylic oxidation sites excluding steroid dienone is 7. The second-order valence-electron chi connectivity index (χ2n) is 9.32. The van der Waals surface area contributed by atoms with Gasteiger partial charge >= 0.3 is 0 Å². The number of thioether (sulfide) groups is 1. The highest BCUT2D eigenvalue weighted by Gasteiger charge is 2.21. The van der Waals surface area contributed by atoms with Gasteiger partial charge in [-0.2, -0.15) is 11.8 Å². The van der Waals surface area contributed by atoms with Gasteiger partial charge in [-0.15, -0.1) is 0 Å². The van der Waals surface area contributed by atoms with E-state index in [1.807, 2.05) is 0 Å². The summed E-state index contributed by atoms with van der Waals surface area (Å²) in [5.74, 6) is 0.974. The Balaban J connectivity index is 2.76. The van der Waals surface area contributed by atoms with E-state index in [0.717, 1.165) is 44.1 Å². The summed E-state index contributed by atoms with van der Waals surface area (Å²) in [6, 6.07) is 0.888. The average Bonchev–Trinajstić information content (AvgIpc) is 2.78. The minimum Gasteiger partial charge on any atom is -0.358 e. The lowest BCUT2D eigenvalue weighted by molar-refractivity contribution is -0.119. The molecule has 0 aliphatic carbocycles. The van der Waals surface area contributed by atoms with E-state index in [0.29, 0.717) is 11.6 Å². The van der Waals surface area contributed by atoms with Crippen LogP contribution in [0.5, 0.6) is 0 Å². The zero-order chi connectivity index (χ0) is 27.0. The molecule has 0 bridgehead atoms. The van der Waals surface area contributed by atoms with Crippen molar-refractivity contribution >= 4 is 33.5 Å². The summed E-state index contributed by atoms with van der Waals surface area (Å²) in [5.41, 5.74) is 5.42. The first-order valence-electron chi connectivity index (χ1n) is 12.2. The van der Waals surface area contributed by atoms with Crippen LogP contribution in [0.3, 0.4) is 0 Å². The number of nitrogens with one attached hydrogen (secondary N) is 2. The Hall–Kier alpha value is -2.39. The molecule has 0 saturated heterocycles. The van der Waals surface area contributed by atoms with Crippen LogP contribution in [0.25, 0.3) is 0 Å². The molecule has 1 amide bonds. The van der Waals surface area contributed by atoms with Crippen LogP contribution < -0.4 is 10.0 Å². The number of sulfonamides is 1. The topological polar surface area (TPSA) is 101 Å². The van der Waals surface area contributed by atoms with Crippen molar-refractivity contribution in [3.8, 4) is 0 Å². The fourth-order valence-electron chi connectivity index (χ4n) is 3.17. The van der Waals surface area contributed by atoms with E-state index in [1.54, 1.807) is 24.0 Å². The SMILES string of the molecule is CC(C)=CCCC(C)=CCCC(=CCSCC(Nc1ccncn1)C(=O)NS(C)(=O)=O)CC=C(C)C. The molecule has 0 radical (unpaired) electrons. The monoisotopic (exact) mass is 534 g/mol. The van der Waals surface area contributed by atoms with E-state index in [1.165, 1.54) is 28.6 Å². The minimum absolute atomic E-state index is 0.390. The first-order chi connectivity index (χ1) is 17.0. The maximum absolute atomic E-state index is 12.5. The van der Waals surface area contributed by atoms with Crippen LogP contribution >= 0.6 is 11.8 Å². The Morgan fingerprint density at radius 3 is 2.33 bits per heavy atom. The smallest absolute Gasteiger partial charge is 0.256 e. The van der Waals surface area contributed by atoms with E-state index in [-0.39, 0.29) is 0 Å². The molecular weight excluding hydrogens is 492 g/mol. The molecule has 1 atom stereocenters. The van der Waals surface area contributed by atoms with Gasteiger partial charge in [-0.1, -0.05) is 46.6 Å². The molecule has 36 heavy (non-hydrogen) atoms. The fourth-order valence-corrected chi connectivity index (χ4v) is 4.64. The fraction of sp³-hybridized carbons (Fsp3) is 0.519. The highest BCUT2D eigenvalue weighted by molar-refractivity contribution is 7.99. The predicted octanol–water partition coefficient (Wildman–Crippen LogP) is 5.82. The lowest BCUT2D eigenvalue weighted by Crippen LogP contribution is -2.43. The Morgan fingerprint density at radius 1 is 1.03 bits per heavy atom. The van der Waals surface area contributed by atoms with Crippen LogP contribution in [-0.4, -0.2) is 48.1 Å². The van der Waals surface area contributed by atoms with Crippen molar-refractivity contribution < 1.29 is 13.2 Å². The van der Waals surface area contributed by atoms with Gasteiger partial charge in [0.15, 0.2) is 0 Å². The Labute approximate surface area is 222 Å². The van der Waals surface area contributed by atoms with Gasteiger partial charge < -0.3 is 5.32 Å². The molecule has 2 N–H and O–H groups in total. The molecule has 0 aromatic carbocycles. The quantitative estimate of drug-likeness (QED) is 0.203. The molecule has 200 valence electrons. The van der Waals surface area contributed by atoms with Crippen molar-refractivity contribution in [1.82, 2.24) is 14.7 Å². The molecule has 1 heterocycles. The van der Waals surface area contributed by atoms with Gasteiger partial charge in [0.05, 0.1) is 6.26 Å². The molecular formula is C27H42N4O3S2. The van der Waals surface area contributed by atoms with E-state index >= 15 is 0 Å². The summed E-state index contributed by atoms with van der Waals surface area (Å²) in [5, 5.41) is 3.01. The predicted molar refractivity (Wildman–Crippen MR) is 154 cm³/mol. The van der Waals surface area contributed by atoms with Crippen LogP contribution in [0.1, 0.15) is 66.7 Å². The van der Waals surface area contributed by atoms with E-state index in [9.17, 15) is 13.2 Å². The van der Waals surface area contributed by atoms with Gasteiger partial charge in [0.2, 0.25) is 10.0 Å². The molecule has 1 aromatic rings. The van der Waals surface area contributed by atoms with Gasteiger partial charge in [-0.3, -0.25) is 9.52 Å². The highest BCUT2D eigenvalue weighted by atomic mass is 32.2. The first-order valence-corrected chi connectivity index (χ1v) is 15.2. The molecule has 0 fully saturated rings. The van der Waals surface area contributed by atoms with E-state index in [2.05, 4.69) is 78.9 Å². The molecule has 1 aromatic heterocycles. The lowest BCUT2D eigenvalue weighted by atomic mass is 10.0. The van der Waals surface area contributed by atoms with Crippen LogP contribution in [0.15, 0.2) is 65.2 Å². The van der Waals surface area contributed by atoms with Crippen molar-refractivity contribution in [2.45, 2.75) is 72.8 Å². The zero-order valence-corrected chi connectivity index (χ0v) is 24.1. The highest BCUT2D eigenvalue weighted by Crippen LogP contribution is 2.18. The molecule has 9 heteroatoms. The van der Waals surface area contributed by atoms with Crippen LogP contribution in [0.2, 0.25) is 0 Å². The number of aromatic nitrogens is 2. The summed E-state index contributed by atoms with van der Waals surface area (Å²) in [6.07, 6.45) is 18.0. The molecule has 0 aliphatic heterocycles. The third-order valence-electron chi connectivity index (χ3n) is 5.10. The largest absolute Gasteiger partial charge is 0.358 e. The lowest BCUT2D eigenvalue weighted by Gasteiger charge is -2.17. The van der Waals surface area contributed by atoms with Crippen molar-refractivity contribution in [2.24, 2.45) is 0 Å². The summed E-state index contributed by atoms with van der Waals surface area (Å²) in [7, 11) is -3.66. The average molecular weight is 535 g/mol. The number of carbonyl (C=O) groups excluding carboxylic acids is 1. The van der Waals surface area contributed by atoms with Gasteiger partial charge in [-0.25, -0.2) is 18.4 Å². The minimum atomic E-state index is -3.66. The van der Waals surface area contributed by atoms with Crippen LogP contribution in [0.4, 0.5) is 5.82 Å². The Morgan fingerprint density at radius 2 is 1.72 bits per heavy atom. The number of hydrogen-bond acceptors (Lipinski definition) is 7. The summed E-state index contributed by atoms with van der Waals surface area (Å²) in [6.45, 7) is 10.7. The second kappa shape index (κ2) is 17.1. The summed E-state index contributed by atoms with van der Waals surface area (Å²) >= 11 is 1.57. The molecule has 0 spiro atoms. The molecule has 7 nitrogen and oxygen atoms in total. The Bertz CT molecular complexity index is 1040. The third kappa shape index (κ3) is 16.3. The normalized spacial score (nSPS) is 13.1. The van der Waals surface area contributed by atoms with Crippen LogP contribution in [0, 0.1) is 0 Å².